The Bertz CT molecular complexity index is 856. The van der Waals surface area contributed by atoms with Crippen LogP contribution in [-0.4, -0.2) is 57.3 Å². The molecule has 8 heteroatoms. The van der Waals surface area contributed by atoms with Gasteiger partial charge in [-0.2, -0.15) is 0 Å². The summed E-state index contributed by atoms with van der Waals surface area (Å²) in [6.45, 7) is 4.07. The topological polar surface area (TPSA) is 67.1 Å². The second-order valence-electron chi connectivity index (χ2n) is 7.16. The number of quaternary nitrogens is 2. The lowest BCUT2D eigenvalue weighted by Crippen LogP contribution is -3.28. The number of hydrogen-bond donors (Lipinski definition) is 4. The van der Waals surface area contributed by atoms with Gasteiger partial charge in [0.15, 0.2) is 13.1 Å². The third-order valence-corrected chi connectivity index (χ3v) is 5.77. The van der Waals surface area contributed by atoms with Gasteiger partial charge in [0.1, 0.15) is 32.0 Å². The van der Waals surface area contributed by atoms with Gasteiger partial charge in [-0.25, -0.2) is 4.39 Å². The summed E-state index contributed by atoms with van der Waals surface area (Å²) in [7, 11) is 0. The lowest BCUT2D eigenvalue weighted by molar-refractivity contribution is -1.00. The minimum absolute atomic E-state index is 0.00815. The first-order valence-electron chi connectivity index (χ1n) is 9.69. The zero-order valence-corrected chi connectivity index (χ0v) is 17.3. The quantitative estimate of drug-likeness (QED) is 0.475. The molecule has 2 amide bonds. The van der Waals surface area contributed by atoms with E-state index in [1.807, 2.05) is 30.5 Å². The molecule has 0 unspecified atom stereocenters. The van der Waals surface area contributed by atoms with Crippen LogP contribution >= 0.6 is 11.8 Å². The second kappa shape index (κ2) is 10.4. The highest BCUT2D eigenvalue weighted by atomic mass is 32.2. The highest BCUT2D eigenvalue weighted by molar-refractivity contribution is 7.98. The molecule has 1 heterocycles. The van der Waals surface area contributed by atoms with Crippen LogP contribution in [0.25, 0.3) is 0 Å². The number of para-hydroxylation sites is 1. The number of halogens is 1. The number of hydrogen-bond acceptors (Lipinski definition) is 3. The fraction of sp³-hybridized carbons (Fsp3) is 0.333. The van der Waals surface area contributed by atoms with E-state index in [-0.39, 0.29) is 17.6 Å². The molecule has 0 spiro atoms. The normalized spacial score (nSPS) is 18.8. The van der Waals surface area contributed by atoms with E-state index in [9.17, 15) is 14.0 Å². The molecule has 29 heavy (non-hydrogen) atoms. The van der Waals surface area contributed by atoms with Crippen LogP contribution in [0.15, 0.2) is 53.4 Å². The van der Waals surface area contributed by atoms with Crippen molar-refractivity contribution in [1.82, 2.24) is 0 Å². The molecule has 1 fully saturated rings. The van der Waals surface area contributed by atoms with Crippen molar-refractivity contribution >= 4 is 35.0 Å². The van der Waals surface area contributed by atoms with Crippen LogP contribution in [0.2, 0.25) is 0 Å². The Morgan fingerprint density at radius 2 is 1.55 bits per heavy atom. The van der Waals surface area contributed by atoms with Gasteiger partial charge in [-0.05, 0) is 36.6 Å². The van der Waals surface area contributed by atoms with Crippen LogP contribution in [0.4, 0.5) is 15.8 Å². The van der Waals surface area contributed by atoms with E-state index < -0.39 is 0 Å². The molecule has 0 bridgehead atoms. The first kappa shape index (κ1) is 21.3. The van der Waals surface area contributed by atoms with E-state index in [1.54, 1.807) is 23.9 Å². The van der Waals surface area contributed by atoms with Gasteiger partial charge in [-0.15, -0.1) is 11.8 Å². The van der Waals surface area contributed by atoms with Gasteiger partial charge in [0.25, 0.3) is 11.8 Å². The Labute approximate surface area is 174 Å². The van der Waals surface area contributed by atoms with Gasteiger partial charge in [0, 0.05) is 10.6 Å². The summed E-state index contributed by atoms with van der Waals surface area (Å²) in [5, 5.41) is 5.74. The minimum Gasteiger partial charge on any atom is -0.321 e. The molecule has 4 N–H and O–H groups in total. The summed E-state index contributed by atoms with van der Waals surface area (Å²) < 4.78 is 13.2. The van der Waals surface area contributed by atoms with E-state index in [4.69, 9.17) is 0 Å². The average molecular weight is 419 g/mol. The van der Waals surface area contributed by atoms with Crippen molar-refractivity contribution < 1.29 is 23.8 Å². The van der Waals surface area contributed by atoms with Crippen LogP contribution in [-0.2, 0) is 9.59 Å². The van der Waals surface area contributed by atoms with Crippen LogP contribution in [0.3, 0.4) is 0 Å². The van der Waals surface area contributed by atoms with Crippen molar-refractivity contribution in [2.24, 2.45) is 0 Å². The highest BCUT2D eigenvalue weighted by Crippen LogP contribution is 2.24. The Morgan fingerprint density at radius 3 is 2.17 bits per heavy atom. The Balaban J connectivity index is 1.41. The molecule has 0 saturated carbocycles. The van der Waals surface area contributed by atoms with Crippen molar-refractivity contribution in [3.8, 4) is 0 Å². The smallest absolute Gasteiger partial charge is 0.279 e. The third kappa shape index (κ3) is 6.56. The maximum atomic E-state index is 13.2. The predicted molar refractivity (Wildman–Crippen MR) is 113 cm³/mol. The van der Waals surface area contributed by atoms with E-state index in [2.05, 4.69) is 10.6 Å². The molecule has 1 aliphatic rings. The second-order valence-corrected chi connectivity index (χ2v) is 8.01. The molecule has 2 aromatic carbocycles. The standard InChI is InChI=1S/C21H25FN4O2S/c1-29-19-8-3-2-7-18(19)24-21(28)15-26-11-9-25(10-12-26)14-20(27)23-17-6-4-5-16(22)13-17/h2-8,13H,9-12,14-15H2,1H3,(H,23,27)(H,24,28)/p+2. The Hall–Kier alpha value is -2.42. The number of nitrogens with one attached hydrogen (secondary N) is 4. The van der Waals surface area contributed by atoms with Crippen LogP contribution in [0.5, 0.6) is 0 Å². The summed E-state index contributed by atoms with van der Waals surface area (Å²) in [6.07, 6.45) is 1.99. The van der Waals surface area contributed by atoms with E-state index in [0.29, 0.717) is 18.8 Å². The SMILES string of the molecule is CSc1ccccc1NC(=O)C[NH+]1CC[NH+](CC(=O)Nc2cccc(F)c2)CC1. The molecular weight excluding hydrogens is 391 g/mol. The summed E-state index contributed by atoms with van der Waals surface area (Å²) in [5.41, 5.74) is 1.32. The Kier molecular flexibility index (Phi) is 7.62. The molecule has 2 aromatic rings. The molecule has 3 rings (SSSR count). The monoisotopic (exact) mass is 418 g/mol. The number of carbonyl (C=O) groups is 2. The minimum atomic E-state index is -0.370. The summed E-state index contributed by atoms with van der Waals surface area (Å²) in [4.78, 5) is 28.0. The lowest BCUT2D eigenvalue weighted by Gasteiger charge is -2.29. The first-order chi connectivity index (χ1) is 14.0. The van der Waals surface area contributed by atoms with Gasteiger partial charge in [0.2, 0.25) is 0 Å². The van der Waals surface area contributed by atoms with E-state index in [1.165, 1.54) is 21.9 Å². The number of benzene rings is 2. The number of piperazine rings is 1. The number of carbonyl (C=O) groups excluding carboxylic acids is 2. The first-order valence-corrected chi connectivity index (χ1v) is 10.9. The summed E-state index contributed by atoms with van der Waals surface area (Å²) in [6, 6.07) is 13.7. The maximum Gasteiger partial charge on any atom is 0.279 e. The summed E-state index contributed by atoms with van der Waals surface area (Å²) in [5.74, 6) is -0.486. The highest BCUT2D eigenvalue weighted by Gasteiger charge is 2.26. The van der Waals surface area contributed by atoms with Gasteiger partial charge < -0.3 is 20.4 Å². The van der Waals surface area contributed by atoms with E-state index >= 15 is 0 Å². The molecular formula is C21H27FN4O2S+2. The predicted octanol–water partition coefficient (Wildman–Crippen LogP) is -0.0918. The molecule has 0 aliphatic carbocycles. The molecule has 0 aromatic heterocycles. The molecule has 154 valence electrons. The van der Waals surface area contributed by atoms with Gasteiger partial charge in [-0.3, -0.25) is 9.59 Å². The molecule has 0 atom stereocenters. The van der Waals surface area contributed by atoms with Crippen molar-refractivity contribution in [2.75, 3.05) is 56.2 Å². The fourth-order valence-corrected chi connectivity index (χ4v) is 4.03. The number of thioether (sulfide) groups is 1. The van der Waals surface area contributed by atoms with Gasteiger partial charge >= 0.3 is 0 Å². The van der Waals surface area contributed by atoms with Crippen molar-refractivity contribution in [2.45, 2.75) is 4.90 Å². The number of amides is 2. The van der Waals surface area contributed by atoms with Crippen molar-refractivity contribution in [3.63, 3.8) is 0 Å². The Morgan fingerprint density at radius 1 is 0.931 bits per heavy atom. The molecule has 0 radical (unpaired) electrons. The van der Waals surface area contributed by atoms with Crippen LogP contribution in [0, 0.1) is 5.82 Å². The van der Waals surface area contributed by atoms with E-state index in [0.717, 1.165) is 36.8 Å². The van der Waals surface area contributed by atoms with Crippen molar-refractivity contribution in [1.29, 1.82) is 0 Å². The largest absolute Gasteiger partial charge is 0.321 e. The zero-order valence-electron chi connectivity index (χ0n) is 16.5. The average Bonchev–Trinajstić information content (AvgIpc) is 2.70. The zero-order chi connectivity index (χ0) is 20.6. The van der Waals surface area contributed by atoms with Gasteiger partial charge in [-0.1, -0.05) is 18.2 Å². The molecule has 6 nitrogen and oxygen atoms in total. The molecule has 1 saturated heterocycles. The van der Waals surface area contributed by atoms with Crippen LogP contribution in [0.1, 0.15) is 0 Å². The summed E-state index contributed by atoms with van der Waals surface area (Å²) >= 11 is 1.61. The fourth-order valence-electron chi connectivity index (χ4n) is 3.48. The third-order valence-electron chi connectivity index (χ3n) is 4.97. The maximum absolute atomic E-state index is 13.2. The van der Waals surface area contributed by atoms with Gasteiger partial charge in [0.05, 0.1) is 5.69 Å². The number of rotatable bonds is 7. The van der Waals surface area contributed by atoms with Crippen LogP contribution < -0.4 is 20.4 Å². The van der Waals surface area contributed by atoms with Crippen molar-refractivity contribution in [3.05, 3.63) is 54.3 Å². The number of anilines is 2. The molecule has 1 aliphatic heterocycles. The lowest BCUT2D eigenvalue weighted by atomic mass is 10.2.